The summed E-state index contributed by atoms with van der Waals surface area (Å²) in [6, 6.07) is 15.4. The monoisotopic (exact) mass is 409 g/mol. The van der Waals surface area contributed by atoms with Crippen LogP contribution in [0.2, 0.25) is 0 Å². The highest BCUT2D eigenvalue weighted by atomic mass is 32.2. The van der Waals surface area contributed by atoms with E-state index in [0.29, 0.717) is 30.9 Å². The number of rotatable bonds is 9. The molecule has 0 saturated carbocycles. The normalized spacial score (nSPS) is 12.2. The fourth-order valence-corrected chi connectivity index (χ4v) is 4.31. The molecule has 5 nitrogen and oxygen atoms in total. The molecule has 1 aromatic heterocycles. The fraction of sp³-hybridized carbons (Fsp3) is 0.261. The van der Waals surface area contributed by atoms with Gasteiger partial charge in [0, 0.05) is 42.8 Å². The topological polar surface area (TPSA) is 71.1 Å². The maximum Gasteiger partial charge on any atom is 0.241 e. The highest BCUT2D eigenvalue weighted by Crippen LogP contribution is 2.21. The van der Waals surface area contributed by atoms with Crippen LogP contribution in [0.3, 0.4) is 0 Å². The number of aromatic nitrogens is 1. The lowest BCUT2D eigenvalue weighted by Crippen LogP contribution is -2.32. The van der Waals surface area contributed by atoms with Crippen molar-refractivity contribution in [3.63, 3.8) is 0 Å². The van der Waals surface area contributed by atoms with Crippen LogP contribution in [-0.2, 0) is 10.0 Å². The fourth-order valence-electron chi connectivity index (χ4n) is 3.05. The smallest absolute Gasteiger partial charge is 0.241 e. The van der Waals surface area contributed by atoms with Crippen molar-refractivity contribution in [1.29, 1.82) is 0 Å². The molecule has 0 unspecified atom stereocenters. The molecule has 0 fully saturated rings. The Morgan fingerprint density at radius 1 is 1.03 bits per heavy atom. The number of fused-ring (bicyclic) bond motifs is 1. The SMILES string of the molecule is CC(C)c1ccc(C=CCNCCNS(=O)(=O)c2cccc3cnccc23)cc1. The van der Waals surface area contributed by atoms with E-state index in [-0.39, 0.29) is 4.90 Å². The highest BCUT2D eigenvalue weighted by Gasteiger charge is 2.16. The lowest BCUT2D eigenvalue weighted by atomic mass is 10.0. The molecule has 0 aliphatic carbocycles. The molecule has 0 saturated heterocycles. The first-order valence-corrected chi connectivity index (χ1v) is 11.3. The van der Waals surface area contributed by atoms with Gasteiger partial charge in [-0.3, -0.25) is 4.98 Å². The molecule has 3 rings (SSSR count). The van der Waals surface area contributed by atoms with Crippen LogP contribution in [0.4, 0.5) is 0 Å². The van der Waals surface area contributed by atoms with Crippen LogP contribution < -0.4 is 10.0 Å². The van der Waals surface area contributed by atoms with E-state index in [4.69, 9.17) is 0 Å². The maximum atomic E-state index is 12.6. The Labute approximate surface area is 172 Å². The van der Waals surface area contributed by atoms with Crippen LogP contribution >= 0.6 is 0 Å². The zero-order valence-corrected chi connectivity index (χ0v) is 17.6. The molecular formula is C23H27N3O2S. The number of pyridine rings is 1. The summed E-state index contributed by atoms with van der Waals surface area (Å²) in [5, 5.41) is 4.70. The van der Waals surface area contributed by atoms with E-state index >= 15 is 0 Å². The van der Waals surface area contributed by atoms with Crippen molar-refractivity contribution in [3.8, 4) is 0 Å². The summed E-state index contributed by atoms with van der Waals surface area (Å²) in [4.78, 5) is 4.32. The summed E-state index contributed by atoms with van der Waals surface area (Å²) in [6.45, 7) is 5.90. The van der Waals surface area contributed by atoms with Crippen LogP contribution in [0.5, 0.6) is 0 Å². The van der Waals surface area contributed by atoms with Gasteiger partial charge in [-0.2, -0.15) is 0 Å². The van der Waals surface area contributed by atoms with Crippen LogP contribution in [0.1, 0.15) is 30.9 Å². The van der Waals surface area contributed by atoms with E-state index in [2.05, 4.69) is 59.2 Å². The van der Waals surface area contributed by atoms with Crippen LogP contribution in [0.15, 0.2) is 71.9 Å². The molecule has 0 radical (unpaired) electrons. The minimum absolute atomic E-state index is 0.280. The second kappa shape index (κ2) is 9.78. The van der Waals surface area contributed by atoms with Crippen LogP contribution in [-0.4, -0.2) is 33.0 Å². The minimum atomic E-state index is -3.57. The molecule has 0 aliphatic heterocycles. The van der Waals surface area contributed by atoms with Gasteiger partial charge in [-0.15, -0.1) is 0 Å². The molecule has 3 aromatic rings. The maximum absolute atomic E-state index is 12.6. The predicted octanol–water partition coefficient (Wildman–Crippen LogP) is 3.94. The number of benzene rings is 2. The van der Waals surface area contributed by atoms with Crippen molar-refractivity contribution < 1.29 is 8.42 Å². The third-order valence-electron chi connectivity index (χ3n) is 4.70. The van der Waals surface area contributed by atoms with Crippen molar-refractivity contribution in [3.05, 3.63) is 78.1 Å². The van der Waals surface area contributed by atoms with Crippen molar-refractivity contribution in [1.82, 2.24) is 15.0 Å². The lowest BCUT2D eigenvalue weighted by Gasteiger charge is -2.09. The summed E-state index contributed by atoms with van der Waals surface area (Å²) in [5.41, 5.74) is 2.48. The predicted molar refractivity (Wildman–Crippen MR) is 119 cm³/mol. The van der Waals surface area contributed by atoms with Crippen molar-refractivity contribution in [2.45, 2.75) is 24.7 Å². The van der Waals surface area contributed by atoms with Crippen molar-refractivity contribution >= 4 is 26.9 Å². The molecule has 152 valence electrons. The van der Waals surface area contributed by atoms with Gasteiger partial charge in [0.15, 0.2) is 0 Å². The van der Waals surface area contributed by atoms with E-state index in [1.165, 1.54) is 5.56 Å². The average Bonchev–Trinajstić information content (AvgIpc) is 2.73. The molecule has 0 bridgehead atoms. The number of hydrogen-bond donors (Lipinski definition) is 2. The van der Waals surface area contributed by atoms with Gasteiger partial charge in [-0.05, 0) is 29.2 Å². The van der Waals surface area contributed by atoms with E-state index in [9.17, 15) is 8.42 Å². The Hall–Kier alpha value is -2.54. The van der Waals surface area contributed by atoms with E-state index in [1.807, 2.05) is 12.1 Å². The van der Waals surface area contributed by atoms with Gasteiger partial charge in [0.1, 0.15) is 0 Å². The number of nitrogens with zero attached hydrogens (tertiary/aromatic N) is 1. The molecule has 2 N–H and O–H groups in total. The van der Waals surface area contributed by atoms with Gasteiger partial charge >= 0.3 is 0 Å². The first kappa shape index (κ1) is 21.2. The Balaban J connectivity index is 1.46. The Morgan fingerprint density at radius 2 is 1.83 bits per heavy atom. The number of nitrogens with one attached hydrogen (secondary N) is 2. The Morgan fingerprint density at radius 3 is 2.59 bits per heavy atom. The van der Waals surface area contributed by atoms with Gasteiger partial charge in [-0.1, -0.05) is 62.4 Å². The molecule has 1 heterocycles. The van der Waals surface area contributed by atoms with E-state index in [0.717, 1.165) is 10.9 Å². The largest absolute Gasteiger partial charge is 0.312 e. The van der Waals surface area contributed by atoms with Gasteiger partial charge < -0.3 is 5.32 Å². The average molecular weight is 410 g/mol. The first-order valence-electron chi connectivity index (χ1n) is 9.77. The molecule has 0 atom stereocenters. The van der Waals surface area contributed by atoms with Gasteiger partial charge in [0.2, 0.25) is 10.0 Å². The summed E-state index contributed by atoms with van der Waals surface area (Å²) in [5.74, 6) is 0.531. The van der Waals surface area contributed by atoms with E-state index in [1.54, 1.807) is 30.6 Å². The second-order valence-electron chi connectivity index (χ2n) is 7.18. The minimum Gasteiger partial charge on any atom is -0.312 e. The third kappa shape index (κ3) is 5.73. The molecule has 0 amide bonds. The molecule has 29 heavy (non-hydrogen) atoms. The molecule has 2 aromatic carbocycles. The first-order chi connectivity index (χ1) is 14.0. The zero-order valence-electron chi connectivity index (χ0n) is 16.8. The number of sulfonamides is 1. The van der Waals surface area contributed by atoms with Gasteiger partial charge in [0.25, 0.3) is 0 Å². The lowest BCUT2D eigenvalue weighted by molar-refractivity contribution is 0.579. The third-order valence-corrected chi connectivity index (χ3v) is 6.22. The van der Waals surface area contributed by atoms with Crippen LogP contribution in [0, 0.1) is 0 Å². The van der Waals surface area contributed by atoms with Gasteiger partial charge in [0.05, 0.1) is 4.90 Å². The van der Waals surface area contributed by atoms with Crippen LogP contribution in [0.25, 0.3) is 16.8 Å². The molecule has 0 aliphatic rings. The summed E-state index contributed by atoms with van der Waals surface area (Å²) < 4.78 is 27.9. The van der Waals surface area contributed by atoms with Gasteiger partial charge in [-0.25, -0.2) is 13.1 Å². The van der Waals surface area contributed by atoms with Crippen molar-refractivity contribution in [2.24, 2.45) is 0 Å². The summed E-state index contributed by atoms with van der Waals surface area (Å²) in [7, 11) is -3.57. The number of hydrogen-bond acceptors (Lipinski definition) is 4. The molecule has 6 heteroatoms. The summed E-state index contributed by atoms with van der Waals surface area (Å²) >= 11 is 0. The Kier molecular flexibility index (Phi) is 7.14. The Bertz CT molecular complexity index is 1070. The zero-order chi connectivity index (χ0) is 20.7. The molecular weight excluding hydrogens is 382 g/mol. The quantitative estimate of drug-likeness (QED) is 0.525. The second-order valence-corrected chi connectivity index (χ2v) is 8.91. The summed E-state index contributed by atoms with van der Waals surface area (Å²) in [6.07, 6.45) is 7.37. The standard InChI is InChI=1S/C23H27N3O2S/c1-18(2)20-10-8-19(9-11-20)5-4-13-24-15-16-26-29(27,28)23-7-3-6-21-17-25-14-12-22(21)23/h3-12,14,17-18,24,26H,13,15-16H2,1-2H3. The van der Waals surface area contributed by atoms with E-state index < -0.39 is 10.0 Å². The highest BCUT2D eigenvalue weighted by molar-refractivity contribution is 7.89. The van der Waals surface area contributed by atoms with Crippen molar-refractivity contribution in [2.75, 3.05) is 19.6 Å². The molecule has 0 spiro atoms.